The van der Waals surface area contributed by atoms with Crippen LogP contribution in [-0.2, 0) is 16.0 Å². The van der Waals surface area contributed by atoms with Crippen LogP contribution in [-0.4, -0.2) is 35.8 Å². The molecule has 0 amide bonds. The number of carbonyl (C=O) groups is 1. The minimum absolute atomic E-state index is 0.224. The van der Waals surface area contributed by atoms with Crippen LogP contribution in [0.5, 0.6) is 0 Å². The smallest absolute Gasteiger partial charge is 0.330 e. The third-order valence-electron chi connectivity index (χ3n) is 4.12. The van der Waals surface area contributed by atoms with Crippen LogP contribution in [0.3, 0.4) is 0 Å². The van der Waals surface area contributed by atoms with E-state index in [-0.39, 0.29) is 12.0 Å². The zero-order chi connectivity index (χ0) is 19.1. The fraction of sp³-hybridized carbons (Fsp3) is 0.400. The van der Waals surface area contributed by atoms with Gasteiger partial charge in [-0.15, -0.1) is 11.3 Å². The SMILES string of the molecule is COC(=O)/C=C(\C)c1ccc(CC(C)NCC(O)c2csc(C)n2)cc1. The van der Waals surface area contributed by atoms with Crippen molar-refractivity contribution in [2.75, 3.05) is 13.7 Å². The summed E-state index contributed by atoms with van der Waals surface area (Å²) >= 11 is 1.55. The molecular weight excluding hydrogens is 348 g/mol. The number of aromatic nitrogens is 1. The average Bonchev–Trinajstić information content (AvgIpc) is 3.06. The average molecular weight is 375 g/mol. The topological polar surface area (TPSA) is 71.5 Å². The molecule has 2 N–H and O–H groups in total. The van der Waals surface area contributed by atoms with E-state index in [0.29, 0.717) is 6.54 Å². The van der Waals surface area contributed by atoms with Crippen LogP contribution in [0, 0.1) is 6.92 Å². The van der Waals surface area contributed by atoms with Gasteiger partial charge in [-0.3, -0.25) is 0 Å². The lowest BCUT2D eigenvalue weighted by molar-refractivity contribution is -0.134. The van der Waals surface area contributed by atoms with E-state index in [2.05, 4.69) is 34.1 Å². The molecule has 1 aromatic heterocycles. The maximum absolute atomic E-state index is 11.3. The van der Waals surface area contributed by atoms with Gasteiger partial charge in [0, 0.05) is 24.0 Å². The van der Waals surface area contributed by atoms with Crippen LogP contribution < -0.4 is 5.32 Å². The van der Waals surface area contributed by atoms with E-state index < -0.39 is 6.10 Å². The summed E-state index contributed by atoms with van der Waals surface area (Å²) in [5, 5.41) is 16.4. The highest BCUT2D eigenvalue weighted by Crippen LogP contribution is 2.17. The van der Waals surface area contributed by atoms with Gasteiger partial charge in [-0.2, -0.15) is 0 Å². The van der Waals surface area contributed by atoms with Crippen LogP contribution >= 0.6 is 11.3 Å². The van der Waals surface area contributed by atoms with Crippen LogP contribution in [0.25, 0.3) is 5.57 Å². The van der Waals surface area contributed by atoms with Crippen molar-refractivity contribution >= 4 is 22.9 Å². The van der Waals surface area contributed by atoms with E-state index >= 15 is 0 Å². The first-order valence-electron chi connectivity index (χ1n) is 8.58. The number of hydrogen-bond donors (Lipinski definition) is 2. The fourth-order valence-electron chi connectivity index (χ4n) is 2.60. The molecule has 0 spiro atoms. The van der Waals surface area contributed by atoms with Gasteiger partial charge in [0.25, 0.3) is 0 Å². The Morgan fingerprint density at radius 3 is 2.65 bits per heavy atom. The molecule has 0 aliphatic rings. The molecule has 0 aliphatic heterocycles. The lowest BCUT2D eigenvalue weighted by Crippen LogP contribution is -2.32. The van der Waals surface area contributed by atoms with Gasteiger partial charge in [-0.1, -0.05) is 24.3 Å². The number of benzene rings is 1. The van der Waals surface area contributed by atoms with E-state index in [1.54, 1.807) is 11.3 Å². The predicted octanol–water partition coefficient (Wildman–Crippen LogP) is 3.28. The van der Waals surface area contributed by atoms with Gasteiger partial charge < -0.3 is 15.2 Å². The summed E-state index contributed by atoms with van der Waals surface area (Å²) in [6.45, 7) is 6.39. The number of rotatable bonds is 8. The van der Waals surface area contributed by atoms with Crippen LogP contribution in [0.15, 0.2) is 35.7 Å². The molecule has 1 heterocycles. The Morgan fingerprint density at radius 1 is 1.38 bits per heavy atom. The minimum Gasteiger partial charge on any atom is -0.466 e. The number of aliphatic hydroxyl groups is 1. The number of aliphatic hydroxyl groups excluding tert-OH is 1. The lowest BCUT2D eigenvalue weighted by atomic mass is 10.0. The Kier molecular flexibility index (Phi) is 7.50. The number of esters is 1. The Balaban J connectivity index is 1.86. The van der Waals surface area contributed by atoms with Crippen molar-refractivity contribution in [3.05, 3.63) is 57.6 Å². The van der Waals surface area contributed by atoms with Gasteiger partial charge in [0.1, 0.15) is 6.10 Å². The first-order valence-corrected chi connectivity index (χ1v) is 9.46. The van der Waals surface area contributed by atoms with E-state index in [0.717, 1.165) is 28.3 Å². The lowest BCUT2D eigenvalue weighted by Gasteiger charge is -2.16. The number of aryl methyl sites for hydroxylation is 1. The minimum atomic E-state index is -0.587. The molecule has 5 nitrogen and oxygen atoms in total. The van der Waals surface area contributed by atoms with Gasteiger partial charge in [-0.25, -0.2) is 9.78 Å². The van der Waals surface area contributed by atoms with Gasteiger partial charge in [0.15, 0.2) is 0 Å². The highest BCUT2D eigenvalue weighted by molar-refractivity contribution is 7.09. The number of thiazole rings is 1. The summed E-state index contributed by atoms with van der Waals surface area (Å²) in [6.07, 6.45) is 1.75. The maximum atomic E-state index is 11.3. The standard InChI is InChI=1S/C20H26N2O3S/c1-13(9-20(24)25-4)17-7-5-16(6-8-17)10-14(2)21-11-19(23)18-12-26-15(3)22-18/h5-9,12,14,19,21,23H,10-11H2,1-4H3/b13-9+. The van der Waals surface area contributed by atoms with E-state index in [1.165, 1.54) is 18.7 Å². The largest absolute Gasteiger partial charge is 0.466 e. The van der Waals surface area contributed by atoms with Gasteiger partial charge in [0.05, 0.1) is 17.8 Å². The molecule has 26 heavy (non-hydrogen) atoms. The van der Waals surface area contributed by atoms with Crippen molar-refractivity contribution in [1.29, 1.82) is 0 Å². The molecule has 140 valence electrons. The summed E-state index contributed by atoms with van der Waals surface area (Å²) in [6, 6.07) is 8.35. The molecule has 1 aromatic carbocycles. The second kappa shape index (κ2) is 9.62. The van der Waals surface area contributed by atoms with Crippen molar-refractivity contribution in [1.82, 2.24) is 10.3 Å². The van der Waals surface area contributed by atoms with Crippen molar-refractivity contribution in [2.24, 2.45) is 0 Å². The third kappa shape index (κ3) is 6.05. The van der Waals surface area contributed by atoms with Crippen molar-refractivity contribution < 1.29 is 14.6 Å². The summed E-state index contributed by atoms with van der Waals surface area (Å²) in [4.78, 5) is 15.6. The van der Waals surface area contributed by atoms with Gasteiger partial charge in [-0.05, 0) is 43.9 Å². The van der Waals surface area contributed by atoms with Gasteiger partial charge >= 0.3 is 5.97 Å². The highest BCUT2D eigenvalue weighted by Gasteiger charge is 2.12. The number of carbonyl (C=O) groups excluding carboxylic acids is 1. The number of nitrogens with one attached hydrogen (secondary N) is 1. The number of allylic oxidation sites excluding steroid dienone is 1. The van der Waals surface area contributed by atoms with Crippen LogP contribution in [0.2, 0.25) is 0 Å². The summed E-state index contributed by atoms with van der Waals surface area (Å²) < 4.78 is 4.65. The molecule has 0 radical (unpaired) electrons. The van der Waals surface area contributed by atoms with Gasteiger partial charge in [0.2, 0.25) is 0 Å². The first-order chi connectivity index (χ1) is 12.4. The second-order valence-corrected chi connectivity index (χ2v) is 7.43. The van der Waals surface area contributed by atoms with Crippen molar-refractivity contribution in [3.63, 3.8) is 0 Å². The Labute approximate surface area is 158 Å². The van der Waals surface area contributed by atoms with Crippen LogP contribution in [0.1, 0.15) is 41.8 Å². The summed E-state index contributed by atoms with van der Waals surface area (Å²) in [5.41, 5.74) is 3.79. The van der Waals surface area contributed by atoms with E-state index in [1.807, 2.05) is 31.4 Å². The number of ether oxygens (including phenoxy) is 1. The maximum Gasteiger partial charge on any atom is 0.330 e. The highest BCUT2D eigenvalue weighted by atomic mass is 32.1. The fourth-order valence-corrected chi connectivity index (χ4v) is 3.26. The predicted molar refractivity (Wildman–Crippen MR) is 105 cm³/mol. The third-order valence-corrected chi connectivity index (χ3v) is 4.92. The zero-order valence-corrected chi connectivity index (χ0v) is 16.5. The Morgan fingerprint density at radius 2 is 2.08 bits per heavy atom. The molecule has 6 heteroatoms. The number of nitrogens with zero attached hydrogens (tertiary/aromatic N) is 1. The molecule has 0 fully saturated rings. The Hall–Kier alpha value is -2.02. The van der Waals surface area contributed by atoms with E-state index in [4.69, 9.17) is 0 Å². The number of methoxy groups -OCH3 is 1. The molecule has 2 unspecified atom stereocenters. The number of hydrogen-bond acceptors (Lipinski definition) is 6. The molecule has 0 bridgehead atoms. The summed E-state index contributed by atoms with van der Waals surface area (Å²) in [7, 11) is 1.37. The normalized spacial score (nSPS) is 14.1. The molecule has 2 rings (SSSR count). The van der Waals surface area contributed by atoms with Crippen molar-refractivity contribution in [2.45, 2.75) is 39.3 Å². The molecule has 0 saturated carbocycles. The molecule has 0 saturated heterocycles. The second-order valence-electron chi connectivity index (χ2n) is 6.37. The van der Waals surface area contributed by atoms with Crippen molar-refractivity contribution in [3.8, 4) is 0 Å². The Bertz CT molecular complexity index is 753. The monoisotopic (exact) mass is 374 g/mol. The van der Waals surface area contributed by atoms with Crippen LogP contribution in [0.4, 0.5) is 0 Å². The molecule has 2 atom stereocenters. The van der Waals surface area contributed by atoms with E-state index in [9.17, 15) is 9.90 Å². The zero-order valence-electron chi connectivity index (χ0n) is 15.7. The molecule has 2 aromatic rings. The summed E-state index contributed by atoms with van der Waals surface area (Å²) in [5.74, 6) is -0.349. The molecule has 0 aliphatic carbocycles. The quantitative estimate of drug-likeness (QED) is 0.548. The first kappa shape index (κ1) is 20.3. The molecular formula is C20H26N2O3S.